The van der Waals surface area contributed by atoms with Gasteiger partial charge in [0.1, 0.15) is 5.82 Å². The Morgan fingerprint density at radius 1 is 0.929 bits per heavy atom. The predicted molar refractivity (Wildman–Crippen MR) is 108 cm³/mol. The molecule has 148 valence electrons. The number of halogens is 1. The van der Waals surface area contributed by atoms with Crippen LogP contribution in [0.15, 0.2) is 47.4 Å². The summed E-state index contributed by atoms with van der Waals surface area (Å²) in [4.78, 5) is 0.0801. The highest BCUT2D eigenvalue weighted by atomic mass is 32.2. The van der Waals surface area contributed by atoms with Gasteiger partial charge in [0, 0.05) is 5.69 Å². The van der Waals surface area contributed by atoms with Crippen LogP contribution in [0.25, 0.3) is 0 Å². The van der Waals surface area contributed by atoms with Crippen molar-refractivity contribution >= 4 is 15.7 Å². The molecule has 0 unspecified atom stereocenters. The molecule has 5 heteroatoms. The lowest BCUT2D eigenvalue weighted by Crippen LogP contribution is -2.48. The number of rotatable bonds is 4. The molecule has 0 aromatic heterocycles. The molecule has 0 heterocycles. The minimum atomic E-state index is -3.73. The van der Waals surface area contributed by atoms with E-state index in [9.17, 15) is 12.8 Å². The van der Waals surface area contributed by atoms with Crippen LogP contribution in [0.2, 0.25) is 0 Å². The maximum absolute atomic E-state index is 13.5. The summed E-state index contributed by atoms with van der Waals surface area (Å²) in [5.41, 5.74) is 2.54. The van der Waals surface area contributed by atoms with Gasteiger partial charge in [-0.1, -0.05) is 12.1 Å². The van der Waals surface area contributed by atoms with Crippen LogP contribution in [0.4, 0.5) is 10.1 Å². The molecule has 4 bridgehead atoms. The molecule has 2 aromatic rings. The third-order valence-electron chi connectivity index (χ3n) is 7.23. The largest absolute Gasteiger partial charge is 0.280 e. The zero-order chi connectivity index (χ0) is 19.5. The fourth-order valence-electron chi connectivity index (χ4n) is 6.35. The molecule has 4 aliphatic rings. The van der Waals surface area contributed by atoms with Crippen LogP contribution in [0.3, 0.4) is 0 Å². The summed E-state index contributed by atoms with van der Waals surface area (Å²) in [7, 11) is -3.73. The van der Waals surface area contributed by atoms with Crippen molar-refractivity contribution in [1.29, 1.82) is 0 Å². The average Bonchev–Trinajstić information content (AvgIpc) is 2.63. The second-order valence-electron chi connectivity index (χ2n) is 9.29. The van der Waals surface area contributed by atoms with Crippen LogP contribution < -0.4 is 4.72 Å². The molecule has 2 aromatic carbocycles. The first-order valence-electron chi connectivity index (χ1n) is 10.2. The Labute approximate surface area is 166 Å². The molecule has 1 N–H and O–H groups in total. The van der Waals surface area contributed by atoms with Crippen molar-refractivity contribution in [2.24, 2.45) is 17.8 Å². The van der Waals surface area contributed by atoms with Gasteiger partial charge in [-0.2, -0.15) is 0 Å². The minimum Gasteiger partial charge on any atom is -0.280 e. The summed E-state index contributed by atoms with van der Waals surface area (Å²) in [6.45, 7) is 1.56. The van der Waals surface area contributed by atoms with Crippen molar-refractivity contribution in [1.82, 2.24) is 0 Å². The van der Waals surface area contributed by atoms with E-state index in [2.05, 4.69) is 16.9 Å². The molecule has 0 aliphatic heterocycles. The van der Waals surface area contributed by atoms with Gasteiger partial charge < -0.3 is 0 Å². The van der Waals surface area contributed by atoms with Crippen molar-refractivity contribution in [3.05, 3.63) is 59.4 Å². The van der Waals surface area contributed by atoms with Gasteiger partial charge in [0.15, 0.2) is 0 Å². The second kappa shape index (κ2) is 6.31. The monoisotopic (exact) mass is 399 g/mol. The van der Waals surface area contributed by atoms with Crippen LogP contribution in [-0.4, -0.2) is 8.42 Å². The maximum Gasteiger partial charge on any atom is 0.261 e. The summed E-state index contributed by atoms with van der Waals surface area (Å²) in [6.07, 6.45) is 8.10. The van der Waals surface area contributed by atoms with Crippen LogP contribution >= 0.6 is 0 Å². The number of hydrogen-bond acceptors (Lipinski definition) is 2. The third kappa shape index (κ3) is 3.04. The van der Waals surface area contributed by atoms with Gasteiger partial charge in [0.2, 0.25) is 0 Å². The summed E-state index contributed by atoms with van der Waals surface area (Å²) < 4.78 is 41.4. The molecule has 0 spiro atoms. The molecular formula is C23H26FNO2S. The van der Waals surface area contributed by atoms with Crippen molar-refractivity contribution < 1.29 is 12.8 Å². The fourth-order valence-corrected chi connectivity index (χ4v) is 7.50. The fraction of sp³-hybridized carbons (Fsp3) is 0.478. The topological polar surface area (TPSA) is 46.2 Å². The smallest absolute Gasteiger partial charge is 0.261 e. The lowest BCUT2D eigenvalue weighted by Gasteiger charge is -2.57. The minimum absolute atomic E-state index is 0.0801. The van der Waals surface area contributed by atoms with E-state index >= 15 is 0 Å². The third-order valence-corrected chi connectivity index (χ3v) is 8.61. The summed E-state index contributed by atoms with van der Waals surface area (Å²) in [5, 5.41) is 0. The van der Waals surface area contributed by atoms with Gasteiger partial charge in [-0.25, -0.2) is 12.8 Å². The molecule has 0 saturated heterocycles. The second-order valence-corrected chi connectivity index (χ2v) is 11.0. The normalized spacial score (nSPS) is 31.1. The molecule has 28 heavy (non-hydrogen) atoms. The first kappa shape index (κ1) is 18.2. The molecule has 0 amide bonds. The number of nitrogens with one attached hydrogen (secondary N) is 1. The Hall–Kier alpha value is -1.88. The standard InChI is InChI=1S/C23H26FNO2S/c1-15-8-21(6-7-22(15)24)28(26,27)25-20-4-2-19(3-5-20)23-12-16-9-17(13-23)11-18(10-16)14-23/h2-8,16-18,25H,9-14H2,1H3. The van der Waals surface area contributed by atoms with Crippen molar-refractivity contribution in [2.75, 3.05) is 4.72 Å². The molecular weight excluding hydrogens is 373 g/mol. The number of hydrogen-bond donors (Lipinski definition) is 1. The number of sulfonamides is 1. The molecule has 6 rings (SSSR count). The Morgan fingerprint density at radius 3 is 2.04 bits per heavy atom. The first-order chi connectivity index (χ1) is 13.3. The van der Waals surface area contributed by atoms with Gasteiger partial charge in [-0.3, -0.25) is 4.72 Å². The van der Waals surface area contributed by atoms with E-state index in [4.69, 9.17) is 0 Å². The maximum atomic E-state index is 13.5. The van der Waals surface area contributed by atoms with Crippen molar-refractivity contribution in [3.8, 4) is 0 Å². The Morgan fingerprint density at radius 2 is 1.50 bits per heavy atom. The summed E-state index contributed by atoms with van der Waals surface area (Å²) in [5.74, 6) is 2.24. The van der Waals surface area contributed by atoms with E-state index in [1.807, 2.05) is 12.1 Å². The van der Waals surface area contributed by atoms with Crippen molar-refractivity contribution in [3.63, 3.8) is 0 Å². The SMILES string of the molecule is Cc1cc(S(=O)(=O)Nc2ccc(C34CC5CC(CC(C5)C3)C4)cc2)ccc1F. The first-order valence-corrected chi connectivity index (χ1v) is 11.7. The molecule has 4 fully saturated rings. The van der Waals surface area contributed by atoms with Crippen LogP contribution in [0.1, 0.15) is 49.7 Å². The van der Waals surface area contributed by atoms with Gasteiger partial charge >= 0.3 is 0 Å². The average molecular weight is 400 g/mol. The Bertz CT molecular complexity index is 978. The van der Waals surface area contributed by atoms with Gasteiger partial charge in [-0.05, 0) is 110 Å². The van der Waals surface area contributed by atoms with Crippen molar-refractivity contribution in [2.45, 2.75) is 55.8 Å². The number of anilines is 1. The van der Waals surface area contributed by atoms with E-state index in [1.165, 1.54) is 62.3 Å². The molecule has 0 radical (unpaired) electrons. The zero-order valence-corrected chi connectivity index (χ0v) is 16.9. The van der Waals surface area contributed by atoms with Crippen LogP contribution in [0.5, 0.6) is 0 Å². The summed E-state index contributed by atoms with van der Waals surface area (Å²) >= 11 is 0. The lowest BCUT2D eigenvalue weighted by atomic mass is 9.48. The Kier molecular flexibility index (Phi) is 4.10. The Balaban J connectivity index is 1.38. The molecule has 0 atom stereocenters. The lowest BCUT2D eigenvalue weighted by molar-refractivity contribution is -0.00518. The van der Waals surface area contributed by atoms with E-state index in [-0.39, 0.29) is 4.90 Å². The highest BCUT2D eigenvalue weighted by Crippen LogP contribution is 2.60. The van der Waals surface area contributed by atoms with E-state index < -0.39 is 15.8 Å². The van der Waals surface area contributed by atoms with Gasteiger partial charge in [0.05, 0.1) is 4.90 Å². The summed E-state index contributed by atoms with van der Waals surface area (Å²) in [6, 6.07) is 11.8. The number of benzene rings is 2. The van der Waals surface area contributed by atoms with Crippen LogP contribution in [0, 0.1) is 30.5 Å². The highest BCUT2D eigenvalue weighted by Gasteiger charge is 2.51. The predicted octanol–water partition coefficient (Wildman–Crippen LogP) is 5.40. The zero-order valence-electron chi connectivity index (χ0n) is 16.1. The molecule has 4 aliphatic carbocycles. The van der Waals surface area contributed by atoms with Gasteiger partial charge in [0.25, 0.3) is 10.0 Å². The van der Waals surface area contributed by atoms with E-state index in [1.54, 1.807) is 6.92 Å². The highest BCUT2D eigenvalue weighted by molar-refractivity contribution is 7.92. The van der Waals surface area contributed by atoms with Crippen LogP contribution in [-0.2, 0) is 15.4 Å². The molecule has 3 nitrogen and oxygen atoms in total. The van der Waals surface area contributed by atoms with Gasteiger partial charge in [-0.15, -0.1) is 0 Å². The number of aryl methyl sites for hydroxylation is 1. The van der Waals surface area contributed by atoms with E-state index in [0.29, 0.717) is 16.7 Å². The molecule has 4 saturated carbocycles. The van der Waals surface area contributed by atoms with E-state index in [0.717, 1.165) is 17.8 Å². The quantitative estimate of drug-likeness (QED) is 0.748.